The minimum Gasteiger partial charge on any atom is -0.507 e. The summed E-state index contributed by atoms with van der Waals surface area (Å²) in [6.07, 6.45) is 1.74. The highest BCUT2D eigenvalue weighted by atomic mass is 28.3. The van der Waals surface area contributed by atoms with E-state index in [1.165, 1.54) is 5.19 Å². The lowest BCUT2D eigenvalue weighted by molar-refractivity contribution is -0.137. The van der Waals surface area contributed by atoms with Gasteiger partial charge in [0.2, 0.25) is 0 Å². The molecule has 0 unspecified atom stereocenters. The molecule has 0 amide bonds. The van der Waals surface area contributed by atoms with Crippen LogP contribution in [0.4, 0.5) is 0 Å². The molecule has 2 rings (SSSR count). The van der Waals surface area contributed by atoms with Gasteiger partial charge in [0.1, 0.15) is 19.6 Å². The van der Waals surface area contributed by atoms with Crippen LogP contribution in [0.3, 0.4) is 0 Å². The van der Waals surface area contributed by atoms with Crippen molar-refractivity contribution in [3.05, 3.63) is 53.6 Å². The maximum absolute atomic E-state index is 10.8. The Bertz CT molecular complexity index is 840. The number of hydrogen-bond acceptors (Lipinski definition) is 3. The SMILES string of the molecule is CC(C)(C)c1cc(OC[Si](C)(C)c2ccccc2)cc(C(C)(C)C)c1O.CCCC(=O)O. The molecule has 0 atom stereocenters. The van der Waals surface area contributed by atoms with Crippen LogP contribution in [0.2, 0.25) is 13.1 Å². The van der Waals surface area contributed by atoms with Gasteiger partial charge in [-0.1, -0.05) is 97.1 Å². The first kappa shape index (κ1) is 27.8. The first-order valence-corrected chi connectivity index (χ1v) is 14.6. The first-order chi connectivity index (χ1) is 14.6. The zero-order valence-electron chi connectivity index (χ0n) is 21.4. The zero-order chi connectivity index (χ0) is 24.7. The van der Waals surface area contributed by atoms with Crippen LogP contribution in [0.1, 0.15) is 72.4 Å². The second-order valence-electron chi connectivity index (χ2n) is 11.0. The van der Waals surface area contributed by atoms with Crippen LogP contribution in [0, 0.1) is 0 Å². The number of aliphatic carboxylic acids is 1. The number of rotatable bonds is 6. The van der Waals surface area contributed by atoms with E-state index in [9.17, 15) is 9.90 Å². The lowest BCUT2D eigenvalue weighted by Gasteiger charge is -2.29. The van der Waals surface area contributed by atoms with Crippen LogP contribution in [-0.2, 0) is 15.6 Å². The molecule has 2 aromatic rings. The number of hydrogen-bond donors (Lipinski definition) is 2. The Morgan fingerprint density at radius 3 is 1.75 bits per heavy atom. The lowest BCUT2D eigenvalue weighted by Crippen LogP contribution is -2.47. The van der Waals surface area contributed by atoms with Crippen molar-refractivity contribution < 1.29 is 19.7 Å². The van der Waals surface area contributed by atoms with E-state index < -0.39 is 14.0 Å². The molecule has 0 heterocycles. The van der Waals surface area contributed by atoms with Gasteiger partial charge in [-0.25, -0.2) is 0 Å². The van der Waals surface area contributed by atoms with E-state index in [1.54, 1.807) is 0 Å². The van der Waals surface area contributed by atoms with Crippen LogP contribution < -0.4 is 9.92 Å². The van der Waals surface area contributed by atoms with E-state index >= 15 is 0 Å². The highest BCUT2D eigenvalue weighted by Crippen LogP contribution is 2.41. The number of phenols is 1. The first-order valence-electron chi connectivity index (χ1n) is 11.4. The monoisotopic (exact) mass is 458 g/mol. The quantitative estimate of drug-likeness (QED) is 0.492. The molecule has 0 fully saturated rings. The number of phenolic OH excluding ortho intramolecular Hbond substituents is 1. The molecule has 0 aliphatic heterocycles. The summed E-state index contributed by atoms with van der Waals surface area (Å²) in [6, 6.07) is 14.7. The summed E-state index contributed by atoms with van der Waals surface area (Å²) in [5, 5.41) is 20.2. The summed E-state index contributed by atoms with van der Waals surface area (Å²) >= 11 is 0. The standard InChI is InChI=1S/C23H34O2Si.C4H8O2/c1-22(2,3)19-14-17(15-20(21(19)24)23(4,5)6)25-16-26(7,8)18-12-10-9-11-13-18;1-2-3-4(5)6/h9-15,24H,16H2,1-8H3;2-3H2,1H3,(H,5,6). The molecule has 0 aliphatic carbocycles. The van der Waals surface area contributed by atoms with Gasteiger partial charge in [0, 0.05) is 17.5 Å². The maximum Gasteiger partial charge on any atom is 0.303 e. The molecule has 0 radical (unpaired) electrons. The van der Waals surface area contributed by atoms with Crippen molar-refractivity contribution >= 4 is 19.2 Å². The Labute approximate surface area is 195 Å². The van der Waals surface area contributed by atoms with Gasteiger partial charge in [-0.3, -0.25) is 4.79 Å². The maximum atomic E-state index is 10.8. The fourth-order valence-electron chi connectivity index (χ4n) is 3.29. The molecule has 0 saturated carbocycles. The van der Waals surface area contributed by atoms with Crippen molar-refractivity contribution in [3.8, 4) is 11.5 Å². The molecule has 32 heavy (non-hydrogen) atoms. The molecule has 0 aromatic heterocycles. The molecule has 2 N–H and O–H groups in total. The van der Waals surface area contributed by atoms with Gasteiger partial charge in [-0.05, 0) is 29.4 Å². The van der Waals surface area contributed by atoms with Crippen molar-refractivity contribution in [1.29, 1.82) is 0 Å². The molecule has 5 heteroatoms. The average Bonchev–Trinajstić information content (AvgIpc) is 2.66. The largest absolute Gasteiger partial charge is 0.507 e. The van der Waals surface area contributed by atoms with Gasteiger partial charge < -0.3 is 14.9 Å². The van der Waals surface area contributed by atoms with E-state index in [0.717, 1.165) is 29.5 Å². The second kappa shape index (κ2) is 11.0. The minimum absolute atomic E-state index is 0.143. The predicted molar refractivity (Wildman–Crippen MR) is 137 cm³/mol. The Morgan fingerprint density at radius 2 is 1.41 bits per heavy atom. The van der Waals surface area contributed by atoms with Crippen molar-refractivity contribution in [2.75, 3.05) is 6.23 Å². The van der Waals surface area contributed by atoms with Crippen molar-refractivity contribution in [3.63, 3.8) is 0 Å². The smallest absolute Gasteiger partial charge is 0.303 e. The molecule has 178 valence electrons. The van der Waals surface area contributed by atoms with Gasteiger partial charge >= 0.3 is 5.97 Å². The summed E-state index contributed by atoms with van der Waals surface area (Å²) in [5.74, 6) is 0.545. The molecule has 0 saturated heterocycles. The molecule has 0 aliphatic rings. The van der Waals surface area contributed by atoms with Crippen LogP contribution in [-0.4, -0.2) is 30.5 Å². The lowest BCUT2D eigenvalue weighted by atomic mass is 9.79. The molecule has 4 nitrogen and oxygen atoms in total. The van der Waals surface area contributed by atoms with E-state index in [2.05, 4.69) is 85.0 Å². The Hall–Kier alpha value is -2.27. The van der Waals surface area contributed by atoms with E-state index in [4.69, 9.17) is 9.84 Å². The van der Waals surface area contributed by atoms with Crippen LogP contribution >= 0.6 is 0 Å². The summed E-state index contributed by atoms with van der Waals surface area (Å²) in [4.78, 5) is 9.60. The van der Waals surface area contributed by atoms with Crippen LogP contribution in [0.15, 0.2) is 42.5 Å². The number of ether oxygens (including phenoxy) is 1. The number of benzene rings is 2. The summed E-state index contributed by atoms with van der Waals surface area (Å²) < 4.78 is 6.30. The molecule has 0 bridgehead atoms. The fraction of sp³-hybridized carbons (Fsp3) is 0.519. The number of carboxylic acids is 1. The molecular formula is C27H42O4Si. The molecule has 0 spiro atoms. The van der Waals surface area contributed by atoms with Crippen molar-refractivity contribution in [2.45, 2.75) is 85.2 Å². The number of aromatic hydroxyl groups is 1. The van der Waals surface area contributed by atoms with Gasteiger partial charge in [0.25, 0.3) is 0 Å². The number of carboxylic acid groups (broad SMARTS) is 1. The van der Waals surface area contributed by atoms with Crippen molar-refractivity contribution in [2.24, 2.45) is 0 Å². The Balaban J connectivity index is 0.000000751. The van der Waals surface area contributed by atoms with Gasteiger partial charge in [-0.2, -0.15) is 0 Å². The van der Waals surface area contributed by atoms with Crippen LogP contribution in [0.25, 0.3) is 0 Å². The average molecular weight is 459 g/mol. The molecule has 2 aromatic carbocycles. The summed E-state index contributed by atoms with van der Waals surface area (Å²) in [5.41, 5.74) is 1.60. The topological polar surface area (TPSA) is 66.8 Å². The highest BCUT2D eigenvalue weighted by Gasteiger charge is 2.28. The van der Waals surface area contributed by atoms with E-state index in [1.807, 2.05) is 19.1 Å². The second-order valence-corrected chi connectivity index (χ2v) is 15.7. The molecular weight excluding hydrogens is 416 g/mol. The van der Waals surface area contributed by atoms with Gasteiger partial charge in [-0.15, -0.1) is 0 Å². The summed E-state index contributed by atoms with van der Waals surface area (Å²) in [7, 11) is -1.69. The van der Waals surface area contributed by atoms with E-state index in [-0.39, 0.29) is 10.8 Å². The predicted octanol–water partition coefficient (Wildman–Crippen LogP) is 6.39. The van der Waals surface area contributed by atoms with Crippen molar-refractivity contribution in [1.82, 2.24) is 0 Å². The Morgan fingerprint density at radius 1 is 0.938 bits per heavy atom. The third kappa shape index (κ3) is 8.34. The normalized spacial score (nSPS) is 12.0. The Kier molecular flexibility index (Phi) is 9.58. The fourth-order valence-corrected chi connectivity index (χ4v) is 5.07. The number of carbonyl (C=O) groups is 1. The van der Waals surface area contributed by atoms with Gasteiger partial charge in [0.05, 0.1) is 6.23 Å². The third-order valence-electron chi connectivity index (χ3n) is 5.32. The highest BCUT2D eigenvalue weighted by molar-refractivity contribution is 6.89. The summed E-state index contributed by atoms with van der Waals surface area (Å²) in [6.45, 7) is 19.3. The zero-order valence-corrected chi connectivity index (χ0v) is 22.4. The van der Waals surface area contributed by atoms with E-state index in [0.29, 0.717) is 12.2 Å². The van der Waals surface area contributed by atoms with Gasteiger partial charge in [0.15, 0.2) is 0 Å². The van der Waals surface area contributed by atoms with Crippen LogP contribution in [0.5, 0.6) is 11.5 Å². The third-order valence-corrected chi connectivity index (χ3v) is 8.08. The minimum atomic E-state index is -1.69.